The zero-order chi connectivity index (χ0) is 13.5. The van der Waals surface area contributed by atoms with Crippen molar-refractivity contribution in [3.8, 4) is 0 Å². The summed E-state index contributed by atoms with van der Waals surface area (Å²) in [5.74, 6) is -0.180. The number of unbranched alkanes of at least 4 members (excludes halogenated alkanes) is 1. The average Bonchev–Trinajstić information content (AvgIpc) is 2.92. The number of rotatable bonds is 6. The molecule has 6 heteroatoms. The summed E-state index contributed by atoms with van der Waals surface area (Å²) in [5, 5.41) is 3.25. The minimum absolute atomic E-state index is 0.180. The molecule has 0 fully saturated rings. The van der Waals surface area contributed by atoms with Crippen molar-refractivity contribution in [3.63, 3.8) is 0 Å². The van der Waals surface area contributed by atoms with Gasteiger partial charge in [0.1, 0.15) is 0 Å². The monoisotopic (exact) mass is 278 g/mol. The molecule has 2 aromatic rings. The molecule has 2 heterocycles. The maximum atomic E-state index is 11.8. The number of hydrogen-bond donors (Lipinski definition) is 1. The third-order valence-electron chi connectivity index (χ3n) is 2.70. The molecule has 0 aliphatic carbocycles. The molecule has 2 rings (SSSR count). The Balaban J connectivity index is 1.68. The van der Waals surface area contributed by atoms with Crippen LogP contribution in [0.1, 0.15) is 23.2 Å². The maximum Gasteiger partial charge on any atom is 0.254 e. The van der Waals surface area contributed by atoms with Crippen LogP contribution in [0.2, 0.25) is 5.02 Å². The molecule has 0 aromatic carbocycles. The normalized spacial score (nSPS) is 10.4. The predicted molar refractivity (Wildman–Crippen MR) is 73.0 cm³/mol. The quantitative estimate of drug-likeness (QED) is 0.824. The van der Waals surface area contributed by atoms with E-state index >= 15 is 0 Å². The first-order valence-electron chi connectivity index (χ1n) is 6.11. The average molecular weight is 279 g/mol. The third kappa shape index (κ3) is 4.06. The van der Waals surface area contributed by atoms with Gasteiger partial charge in [-0.05, 0) is 18.9 Å². The Morgan fingerprint density at radius 2 is 2.21 bits per heavy atom. The summed E-state index contributed by atoms with van der Waals surface area (Å²) in [6.07, 6.45) is 10.4. The van der Waals surface area contributed by atoms with E-state index in [1.807, 2.05) is 10.8 Å². The van der Waals surface area contributed by atoms with Crippen molar-refractivity contribution in [1.29, 1.82) is 0 Å². The molecule has 0 saturated heterocycles. The van der Waals surface area contributed by atoms with Crippen molar-refractivity contribution < 1.29 is 4.79 Å². The Hall–Kier alpha value is -1.88. The van der Waals surface area contributed by atoms with Crippen LogP contribution in [0.15, 0.2) is 37.2 Å². The number of halogens is 1. The zero-order valence-corrected chi connectivity index (χ0v) is 11.2. The van der Waals surface area contributed by atoms with Crippen LogP contribution < -0.4 is 5.32 Å². The minimum atomic E-state index is -0.180. The molecule has 0 unspecified atom stereocenters. The number of hydrogen-bond acceptors (Lipinski definition) is 3. The number of aromatic nitrogens is 3. The smallest absolute Gasteiger partial charge is 0.254 e. The van der Waals surface area contributed by atoms with Gasteiger partial charge in [-0.2, -0.15) is 0 Å². The largest absolute Gasteiger partial charge is 0.352 e. The molecule has 0 aliphatic heterocycles. The lowest BCUT2D eigenvalue weighted by Gasteiger charge is -2.06. The lowest BCUT2D eigenvalue weighted by molar-refractivity contribution is 0.0952. The third-order valence-corrected chi connectivity index (χ3v) is 3.03. The summed E-state index contributed by atoms with van der Waals surface area (Å²) in [4.78, 5) is 19.7. The van der Waals surface area contributed by atoms with Crippen LogP contribution in [0.3, 0.4) is 0 Å². The number of amides is 1. The van der Waals surface area contributed by atoms with Gasteiger partial charge in [0.2, 0.25) is 0 Å². The molecule has 2 aromatic heterocycles. The van der Waals surface area contributed by atoms with Gasteiger partial charge in [-0.25, -0.2) is 4.98 Å². The Morgan fingerprint density at radius 3 is 2.95 bits per heavy atom. The highest BCUT2D eigenvalue weighted by Gasteiger charge is 2.08. The van der Waals surface area contributed by atoms with E-state index in [2.05, 4.69) is 15.3 Å². The van der Waals surface area contributed by atoms with Gasteiger partial charge < -0.3 is 9.88 Å². The first kappa shape index (κ1) is 13.5. The Kier molecular flexibility index (Phi) is 4.92. The van der Waals surface area contributed by atoms with Gasteiger partial charge in [-0.3, -0.25) is 9.78 Å². The SMILES string of the molecule is O=C(NCCCCn1ccnc1)c1cnccc1Cl. The summed E-state index contributed by atoms with van der Waals surface area (Å²) in [7, 11) is 0. The van der Waals surface area contributed by atoms with Gasteiger partial charge in [0.15, 0.2) is 0 Å². The number of pyridine rings is 1. The van der Waals surface area contributed by atoms with E-state index in [4.69, 9.17) is 11.6 Å². The van der Waals surface area contributed by atoms with Gasteiger partial charge in [0.25, 0.3) is 5.91 Å². The number of imidazole rings is 1. The number of nitrogens with zero attached hydrogens (tertiary/aromatic N) is 3. The number of nitrogens with one attached hydrogen (secondary N) is 1. The molecule has 0 aliphatic rings. The van der Waals surface area contributed by atoms with E-state index in [0.29, 0.717) is 17.1 Å². The molecule has 0 bridgehead atoms. The zero-order valence-electron chi connectivity index (χ0n) is 10.4. The molecular weight excluding hydrogens is 264 g/mol. The van der Waals surface area contributed by atoms with Crippen molar-refractivity contribution in [2.75, 3.05) is 6.54 Å². The fourth-order valence-corrected chi connectivity index (χ4v) is 1.87. The molecular formula is C13H15ClN4O. The summed E-state index contributed by atoms with van der Waals surface area (Å²) in [6, 6.07) is 1.61. The second-order valence-electron chi connectivity index (χ2n) is 4.12. The van der Waals surface area contributed by atoms with E-state index in [1.165, 1.54) is 6.20 Å². The standard InChI is InChI=1S/C13H15ClN4O/c14-12-3-5-15-9-11(12)13(19)17-4-1-2-7-18-8-6-16-10-18/h3,5-6,8-10H,1-2,4,7H2,(H,17,19). The van der Waals surface area contributed by atoms with Gasteiger partial charge in [-0.1, -0.05) is 11.6 Å². The summed E-state index contributed by atoms with van der Waals surface area (Å²) in [6.45, 7) is 1.53. The highest BCUT2D eigenvalue weighted by atomic mass is 35.5. The highest BCUT2D eigenvalue weighted by molar-refractivity contribution is 6.33. The molecule has 100 valence electrons. The van der Waals surface area contributed by atoms with Crippen LogP contribution in [0.25, 0.3) is 0 Å². The molecule has 1 N–H and O–H groups in total. The molecule has 19 heavy (non-hydrogen) atoms. The molecule has 1 amide bonds. The van der Waals surface area contributed by atoms with Crippen molar-refractivity contribution in [2.45, 2.75) is 19.4 Å². The second kappa shape index (κ2) is 6.89. The molecule has 0 spiro atoms. The fourth-order valence-electron chi connectivity index (χ4n) is 1.68. The van der Waals surface area contributed by atoms with Gasteiger partial charge in [0.05, 0.1) is 16.9 Å². The van der Waals surface area contributed by atoms with Gasteiger partial charge in [-0.15, -0.1) is 0 Å². The number of carbonyl (C=O) groups is 1. The van der Waals surface area contributed by atoms with E-state index < -0.39 is 0 Å². The molecule has 0 atom stereocenters. The van der Waals surface area contributed by atoms with Gasteiger partial charge in [0, 0.05) is 37.9 Å². The Morgan fingerprint density at radius 1 is 1.32 bits per heavy atom. The fraction of sp³-hybridized carbons (Fsp3) is 0.308. The topological polar surface area (TPSA) is 59.8 Å². The highest BCUT2D eigenvalue weighted by Crippen LogP contribution is 2.12. The maximum absolute atomic E-state index is 11.8. The van der Waals surface area contributed by atoms with Crippen molar-refractivity contribution in [1.82, 2.24) is 19.9 Å². The van der Waals surface area contributed by atoms with E-state index in [1.54, 1.807) is 24.8 Å². The lowest BCUT2D eigenvalue weighted by atomic mass is 10.2. The predicted octanol–water partition coefficient (Wildman–Crippen LogP) is 2.14. The van der Waals surface area contributed by atoms with E-state index in [0.717, 1.165) is 19.4 Å². The van der Waals surface area contributed by atoms with Crippen molar-refractivity contribution >= 4 is 17.5 Å². The second-order valence-corrected chi connectivity index (χ2v) is 4.53. The van der Waals surface area contributed by atoms with Crippen molar-refractivity contribution in [3.05, 3.63) is 47.8 Å². The van der Waals surface area contributed by atoms with Crippen LogP contribution >= 0.6 is 11.6 Å². The Labute approximate surface area is 116 Å². The lowest BCUT2D eigenvalue weighted by Crippen LogP contribution is -2.25. The molecule has 5 nitrogen and oxygen atoms in total. The van der Waals surface area contributed by atoms with Crippen molar-refractivity contribution in [2.24, 2.45) is 0 Å². The molecule has 0 saturated carbocycles. The van der Waals surface area contributed by atoms with Crippen LogP contribution in [0.4, 0.5) is 0 Å². The van der Waals surface area contributed by atoms with Crippen LogP contribution in [-0.2, 0) is 6.54 Å². The Bertz CT molecular complexity index is 527. The number of aryl methyl sites for hydroxylation is 1. The summed E-state index contributed by atoms with van der Waals surface area (Å²) >= 11 is 5.92. The van der Waals surface area contributed by atoms with Crippen LogP contribution in [0, 0.1) is 0 Å². The summed E-state index contributed by atoms with van der Waals surface area (Å²) in [5.41, 5.74) is 0.416. The summed E-state index contributed by atoms with van der Waals surface area (Å²) < 4.78 is 2.01. The van der Waals surface area contributed by atoms with Crippen LogP contribution in [0.5, 0.6) is 0 Å². The van der Waals surface area contributed by atoms with Gasteiger partial charge >= 0.3 is 0 Å². The van der Waals surface area contributed by atoms with E-state index in [9.17, 15) is 4.79 Å². The molecule has 0 radical (unpaired) electrons. The first-order valence-corrected chi connectivity index (χ1v) is 6.48. The minimum Gasteiger partial charge on any atom is -0.352 e. The number of carbonyl (C=O) groups excluding carboxylic acids is 1. The van der Waals surface area contributed by atoms with E-state index in [-0.39, 0.29) is 5.91 Å². The van der Waals surface area contributed by atoms with Crippen LogP contribution in [-0.4, -0.2) is 27.0 Å². The first-order chi connectivity index (χ1) is 9.27.